The van der Waals surface area contributed by atoms with Crippen molar-refractivity contribution >= 4 is 29.3 Å². The fourth-order valence-corrected chi connectivity index (χ4v) is 1.04. The second kappa shape index (κ2) is 2.06. The van der Waals surface area contributed by atoms with Crippen molar-refractivity contribution in [2.75, 3.05) is 5.73 Å². The minimum absolute atomic E-state index is 0.318. The van der Waals surface area contributed by atoms with Crippen molar-refractivity contribution in [1.29, 1.82) is 0 Å². The Hall–Kier alpha value is -1.36. The molecule has 0 atom stereocenters. The first-order chi connectivity index (χ1) is 5.25. The average Bonchev–Trinajstić information content (AvgIpc) is 2.27. The molecule has 2 heterocycles. The predicted molar refractivity (Wildman–Crippen MR) is 43.6 cm³/mol. The minimum atomic E-state index is 0.318. The van der Waals surface area contributed by atoms with E-state index in [0.717, 1.165) is 5.52 Å². The number of nitrogen functional groups attached to an aromatic ring is 1. The molecule has 0 aliphatic carbocycles. The third-order valence-electron chi connectivity index (χ3n) is 1.31. The molecule has 4 nitrogen and oxygen atoms in total. The number of pyridine rings is 1. The Morgan fingerprint density at radius 2 is 2.36 bits per heavy atom. The second-order valence-corrected chi connectivity index (χ2v) is 2.47. The van der Waals surface area contributed by atoms with Gasteiger partial charge >= 0.3 is 0 Å². The molecule has 0 fully saturated rings. The molecule has 0 aromatic carbocycles. The average molecular weight is 167 g/mol. The van der Waals surface area contributed by atoms with Gasteiger partial charge in [-0.2, -0.15) is 4.98 Å². The van der Waals surface area contributed by atoms with Gasteiger partial charge in [-0.25, -0.2) is 0 Å². The summed E-state index contributed by atoms with van der Waals surface area (Å²) in [5.74, 6) is 0.426. The van der Waals surface area contributed by atoms with Gasteiger partial charge in [0, 0.05) is 0 Å². The Balaban J connectivity index is 2.92. The molecule has 0 saturated carbocycles. The van der Waals surface area contributed by atoms with E-state index in [1.54, 1.807) is 12.1 Å². The number of hydrogen-bond acceptors (Lipinski definition) is 4. The lowest BCUT2D eigenvalue weighted by molar-refractivity contribution is 0.573. The highest BCUT2D eigenvalue weighted by molar-refractivity contribution is 7.71. The molecule has 0 spiro atoms. The summed E-state index contributed by atoms with van der Waals surface area (Å²) in [5.41, 5.74) is 6.64. The van der Waals surface area contributed by atoms with E-state index in [9.17, 15) is 0 Å². The Kier molecular flexibility index (Phi) is 1.19. The fourth-order valence-electron chi connectivity index (χ4n) is 0.851. The second-order valence-electron chi connectivity index (χ2n) is 2.10. The SMILES string of the molecule is Nc1ccc2[nH]c(=S)oc2n1. The molecule has 11 heavy (non-hydrogen) atoms. The van der Waals surface area contributed by atoms with Crippen LogP contribution in [0.15, 0.2) is 16.5 Å². The predicted octanol–water partition coefficient (Wildman–Crippen LogP) is 1.47. The highest BCUT2D eigenvalue weighted by Crippen LogP contribution is 2.11. The number of rotatable bonds is 0. The maximum atomic E-state index is 5.41. The first-order valence-electron chi connectivity index (χ1n) is 3.01. The maximum absolute atomic E-state index is 5.41. The monoisotopic (exact) mass is 167 g/mol. The quantitative estimate of drug-likeness (QED) is 0.583. The molecule has 56 valence electrons. The van der Waals surface area contributed by atoms with Crippen LogP contribution >= 0.6 is 12.2 Å². The lowest BCUT2D eigenvalue weighted by atomic mass is 10.4. The van der Waals surface area contributed by atoms with Crippen LogP contribution in [-0.4, -0.2) is 9.97 Å². The Bertz CT molecular complexity index is 444. The first-order valence-corrected chi connectivity index (χ1v) is 3.42. The molecule has 0 aliphatic heterocycles. The van der Waals surface area contributed by atoms with Gasteiger partial charge in [-0.05, 0) is 24.4 Å². The van der Waals surface area contributed by atoms with E-state index in [-0.39, 0.29) is 0 Å². The molecule has 5 heteroatoms. The van der Waals surface area contributed by atoms with Gasteiger partial charge < -0.3 is 15.1 Å². The van der Waals surface area contributed by atoms with Gasteiger partial charge in [0.2, 0.25) is 5.71 Å². The molecule has 0 unspecified atom stereocenters. The number of aromatic amines is 1. The number of nitrogens with zero attached hydrogens (tertiary/aromatic N) is 1. The molecule has 0 aliphatic rings. The van der Waals surface area contributed by atoms with Gasteiger partial charge in [-0.1, -0.05) is 0 Å². The molecule has 2 aromatic heterocycles. The van der Waals surface area contributed by atoms with Crippen LogP contribution in [-0.2, 0) is 0 Å². The zero-order chi connectivity index (χ0) is 7.84. The zero-order valence-electron chi connectivity index (χ0n) is 5.50. The first kappa shape index (κ1) is 6.36. The Morgan fingerprint density at radius 3 is 3.18 bits per heavy atom. The van der Waals surface area contributed by atoms with Gasteiger partial charge in [0.25, 0.3) is 4.84 Å². The van der Waals surface area contributed by atoms with Crippen molar-refractivity contribution in [3.63, 3.8) is 0 Å². The number of oxazole rings is 1. The van der Waals surface area contributed by atoms with Gasteiger partial charge in [0.05, 0.1) is 0 Å². The van der Waals surface area contributed by atoms with E-state index in [4.69, 9.17) is 22.4 Å². The number of H-pyrrole nitrogens is 1. The number of nitrogens with one attached hydrogen (secondary N) is 1. The number of anilines is 1. The molecular weight excluding hydrogens is 162 g/mol. The van der Waals surface area contributed by atoms with Gasteiger partial charge in [-0.15, -0.1) is 0 Å². The van der Waals surface area contributed by atoms with Crippen LogP contribution < -0.4 is 5.73 Å². The van der Waals surface area contributed by atoms with E-state index < -0.39 is 0 Å². The number of aromatic nitrogens is 2. The van der Waals surface area contributed by atoms with Crippen molar-refractivity contribution in [2.45, 2.75) is 0 Å². The van der Waals surface area contributed by atoms with Crippen LogP contribution in [0.3, 0.4) is 0 Å². The molecular formula is C6H5N3OS. The highest BCUT2D eigenvalue weighted by atomic mass is 32.1. The zero-order valence-corrected chi connectivity index (χ0v) is 6.31. The summed E-state index contributed by atoms with van der Waals surface area (Å²) in [4.78, 5) is 7.04. The summed E-state index contributed by atoms with van der Waals surface area (Å²) in [6.07, 6.45) is 0. The number of hydrogen-bond donors (Lipinski definition) is 2. The summed E-state index contributed by atoms with van der Waals surface area (Å²) in [6.45, 7) is 0. The van der Waals surface area contributed by atoms with E-state index in [0.29, 0.717) is 16.4 Å². The molecule has 0 radical (unpaired) electrons. The Labute approximate surface area is 67.0 Å². The van der Waals surface area contributed by atoms with Crippen LogP contribution in [0.1, 0.15) is 0 Å². The minimum Gasteiger partial charge on any atom is -0.410 e. The molecule has 0 amide bonds. The van der Waals surface area contributed by atoms with Crippen LogP contribution in [0.5, 0.6) is 0 Å². The number of nitrogens with two attached hydrogens (primary N) is 1. The van der Waals surface area contributed by atoms with E-state index >= 15 is 0 Å². The highest BCUT2D eigenvalue weighted by Gasteiger charge is 1.98. The maximum Gasteiger partial charge on any atom is 0.268 e. The summed E-state index contributed by atoms with van der Waals surface area (Å²) in [7, 11) is 0. The van der Waals surface area contributed by atoms with Crippen molar-refractivity contribution in [1.82, 2.24) is 9.97 Å². The molecule has 2 aromatic rings. The van der Waals surface area contributed by atoms with Gasteiger partial charge in [0.1, 0.15) is 11.3 Å². The number of fused-ring (bicyclic) bond motifs is 1. The van der Waals surface area contributed by atoms with Crippen molar-refractivity contribution in [3.05, 3.63) is 17.0 Å². The van der Waals surface area contributed by atoms with Crippen molar-refractivity contribution in [2.24, 2.45) is 0 Å². The topological polar surface area (TPSA) is 67.8 Å². The van der Waals surface area contributed by atoms with Gasteiger partial charge in [0.15, 0.2) is 0 Å². The van der Waals surface area contributed by atoms with Crippen LogP contribution in [0, 0.1) is 4.84 Å². The fraction of sp³-hybridized carbons (Fsp3) is 0. The third kappa shape index (κ3) is 0.988. The third-order valence-corrected chi connectivity index (χ3v) is 1.49. The summed E-state index contributed by atoms with van der Waals surface area (Å²) >= 11 is 4.75. The molecule has 2 rings (SSSR count). The van der Waals surface area contributed by atoms with E-state index in [2.05, 4.69) is 9.97 Å². The van der Waals surface area contributed by atoms with Crippen LogP contribution in [0.25, 0.3) is 11.2 Å². The molecule has 0 saturated heterocycles. The Morgan fingerprint density at radius 1 is 1.55 bits per heavy atom. The lowest BCUT2D eigenvalue weighted by Gasteiger charge is -1.87. The van der Waals surface area contributed by atoms with Crippen molar-refractivity contribution in [3.8, 4) is 0 Å². The van der Waals surface area contributed by atoms with Crippen LogP contribution in [0.4, 0.5) is 5.82 Å². The van der Waals surface area contributed by atoms with E-state index in [1.165, 1.54) is 0 Å². The largest absolute Gasteiger partial charge is 0.410 e. The van der Waals surface area contributed by atoms with Crippen LogP contribution in [0.2, 0.25) is 0 Å². The molecule has 3 N–H and O–H groups in total. The van der Waals surface area contributed by atoms with Crippen molar-refractivity contribution < 1.29 is 4.42 Å². The van der Waals surface area contributed by atoms with E-state index in [1.807, 2.05) is 0 Å². The lowest BCUT2D eigenvalue weighted by Crippen LogP contribution is -1.87. The summed E-state index contributed by atoms with van der Waals surface area (Å²) in [5, 5.41) is 0. The standard InChI is InChI=1S/C6H5N3OS/c7-4-2-1-3-5(9-4)10-6(11)8-3/h1-2H,(H2,7,9)(H,8,11). The summed E-state index contributed by atoms with van der Waals surface area (Å²) in [6, 6.07) is 3.46. The normalized spacial score (nSPS) is 10.5. The molecule has 0 bridgehead atoms. The smallest absolute Gasteiger partial charge is 0.268 e. The van der Waals surface area contributed by atoms with Gasteiger partial charge in [-0.3, -0.25) is 0 Å². The summed E-state index contributed by atoms with van der Waals surface area (Å²) < 4.78 is 5.02.